The molecule has 0 saturated carbocycles. The summed E-state index contributed by atoms with van der Waals surface area (Å²) in [5, 5.41) is 0.789. The molecule has 0 radical (unpaired) electrons. The monoisotopic (exact) mass is 157 g/mol. The normalized spacial score (nSPS) is 33.2. The summed E-state index contributed by atoms with van der Waals surface area (Å²) in [6, 6.07) is 0. The molecule has 58 valence electrons. The second-order valence-corrected chi connectivity index (χ2v) is 4.32. The molecule has 0 amide bonds. The van der Waals surface area contributed by atoms with Gasteiger partial charge >= 0.3 is 0 Å². The van der Waals surface area contributed by atoms with Crippen molar-refractivity contribution in [1.82, 2.24) is 0 Å². The highest BCUT2D eigenvalue weighted by Crippen LogP contribution is 2.28. The van der Waals surface area contributed by atoms with Crippen molar-refractivity contribution < 1.29 is 0 Å². The molecule has 2 unspecified atom stereocenters. The molecule has 1 aliphatic rings. The summed E-state index contributed by atoms with van der Waals surface area (Å²) in [5.41, 5.74) is 2.00. The molecule has 1 rings (SSSR count). The van der Waals surface area contributed by atoms with Crippen molar-refractivity contribution >= 4 is 17.3 Å². The fraction of sp³-hybridized carbons (Fsp3) is 0.875. The molecule has 0 N–H and O–H groups in total. The first-order valence-corrected chi connectivity index (χ1v) is 4.80. The summed E-state index contributed by atoms with van der Waals surface area (Å²) in [4.78, 5) is 4.23. The van der Waals surface area contributed by atoms with Crippen LogP contribution < -0.4 is 0 Å². The van der Waals surface area contributed by atoms with Crippen molar-refractivity contribution in [3.8, 4) is 0 Å². The SMILES string of the molecule is CC(C)C1SC=NCC1C. The minimum absolute atomic E-state index is 0.759. The molecule has 0 aromatic heterocycles. The van der Waals surface area contributed by atoms with Crippen LogP contribution in [-0.4, -0.2) is 17.3 Å². The second kappa shape index (κ2) is 3.42. The van der Waals surface area contributed by atoms with Crippen molar-refractivity contribution in [2.24, 2.45) is 16.8 Å². The summed E-state index contributed by atoms with van der Waals surface area (Å²) in [6.45, 7) is 7.88. The van der Waals surface area contributed by atoms with Gasteiger partial charge in [0.05, 0.1) is 5.55 Å². The Morgan fingerprint density at radius 1 is 1.60 bits per heavy atom. The lowest BCUT2D eigenvalue weighted by Crippen LogP contribution is -2.25. The van der Waals surface area contributed by atoms with E-state index in [0.717, 1.165) is 23.6 Å². The van der Waals surface area contributed by atoms with Crippen molar-refractivity contribution in [3.63, 3.8) is 0 Å². The van der Waals surface area contributed by atoms with Gasteiger partial charge in [-0.25, -0.2) is 0 Å². The Morgan fingerprint density at radius 2 is 2.30 bits per heavy atom. The topological polar surface area (TPSA) is 12.4 Å². The Kier molecular flexibility index (Phi) is 2.78. The van der Waals surface area contributed by atoms with Crippen molar-refractivity contribution in [2.45, 2.75) is 26.0 Å². The lowest BCUT2D eigenvalue weighted by atomic mass is 9.98. The van der Waals surface area contributed by atoms with Gasteiger partial charge in [-0.15, -0.1) is 11.8 Å². The van der Waals surface area contributed by atoms with E-state index >= 15 is 0 Å². The Hall–Kier alpha value is 0.0200. The molecule has 1 aliphatic heterocycles. The number of thioether (sulfide) groups is 1. The van der Waals surface area contributed by atoms with Crippen LogP contribution in [0, 0.1) is 11.8 Å². The van der Waals surface area contributed by atoms with Gasteiger partial charge in [-0.05, 0) is 11.8 Å². The number of aliphatic imine (C=N–C) groups is 1. The average molecular weight is 157 g/mol. The molecular weight excluding hydrogens is 142 g/mol. The highest BCUT2D eigenvalue weighted by molar-refractivity contribution is 8.12. The Morgan fingerprint density at radius 3 is 2.70 bits per heavy atom. The van der Waals surface area contributed by atoms with Crippen LogP contribution >= 0.6 is 11.8 Å². The van der Waals surface area contributed by atoms with Crippen LogP contribution in [0.4, 0.5) is 0 Å². The molecule has 1 heterocycles. The van der Waals surface area contributed by atoms with Crippen LogP contribution in [0.5, 0.6) is 0 Å². The van der Waals surface area contributed by atoms with Gasteiger partial charge in [-0.2, -0.15) is 0 Å². The summed E-state index contributed by atoms with van der Waals surface area (Å²) >= 11 is 1.89. The minimum Gasteiger partial charge on any atom is -0.286 e. The van der Waals surface area contributed by atoms with Gasteiger partial charge in [0.1, 0.15) is 0 Å². The smallest absolute Gasteiger partial charge is 0.0544 e. The number of hydrogen-bond acceptors (Lipinski definition) is 2. The molecule has 2 heteroatoms. The molecule has 0 aromatic carbocycles. The molecular formula is C8H15NS. The maximum absolute atomic E-state index is 4.23. The Balaban J connectivity index is 2.51. The van der Waals surface area contributed by atoms with Gasteiger partial charge in [0.15, 0.2) is 0 Å². The molecule has 1 nitrogen and oxygen atoms in total. The third kappa shape index (κ3) is 1.75. The van der Waals surface area contributed by atoms with Gasteiger partial charge in [0.2, 0.25) is 0 Å². The largest absolute Gasteiger partial charge is 0.286 e. The fourth-order valence-corrected chi connectivity index (χ4v) is 2.36. The summed E-state index contributed by atoms with van der Waals surface area (Å²) in [6.07, 6.45) is 0. The average Bonchev–Trinajstić information content (AvgIpc) is 1.88. The van der Waals surface area contributed by atoms with E-state index in [2.05, 4.69) is 25.8 Å². The fourth-order valence-electron chi connectivity index (χ4n) is 1.37. The van der Waals surface area contributed by atoms with E-state index in [-0.39, 0.29) is 0 Å². The molecule has 0 aromatic rings. The third-order valence-corrected chi connectivity index (χ3v) is 3.50. The molecule has 0 saturated heterocycles. The van der Waals surface area contributed by atoms with Crippen LogP contribution in [0.3, 0.4) is 0 Å². The third-order valence-electron chi connectivity index (χ3n) is 1.90. The van der Waals surface area contributed by atoms with Gasteiger partial charge in [0.25, 0.3) is 0 Å². The minimum atomic E-state index is 0.759. The van der Waals surface area contributed by atoms with Crippen LogP contribution in [-0.2, 0) is 0 Å². The van der Waals surface area contributed by atoms with Crippen molar-refractivity contribution in [1.29, 1.82) is 0 Å². The first kappa shape index (κ1) is 8.12. The van der Waals surface area contributed by atoms with E-state index in [4.69, 9.17) is 0 Å². The Labute approximate surface area is 67.3 Å². The lowest BCUT2D eigenvalue weighted by molar-refractivity contribution is 0.463. The van der Waals surface area contributed by atoms with E-state index < -0.39 is 0 Å². The van der Waals surface area contributed by atoms with Crippen molar-refractivity contribution in [3.05, 3.63) is 0 Å². The summed E-state index contributed by atoms with van der Waals surface area (Å²) in [5.74, 6) is 1.54. The molecule has 10 heavy (non-hydrogen) atoms. The molecule has 0 fully saturated rings. The first-order chi connectivity index (χ1) is 4.72. The van der Waals surface area contributed by atoms with Crippen LogP contribution in [0.1, 0.15) is 20.8 Å². The van der Waals surface area contributed by atoms with E-state index in [1.54, 1.807) is 0 Å². The molecule has 0 bridgehead atoms. The Bertz CT molecular complexity index is 131. The van der Waals surface area contributed by atoms with E-state index in [1.165, 1.54) is 0 Å². The zero-order valence-corrected chi connectivity index (χ0v) is 7.69. The predicted molar refractivity (Wildman–Crippen MR) is 48.7 cm³/mol. The quantitative estimate of drug-likeness (QED) is 0.569. The van der Waals surface area contributed by atoms with Gasteiger partial charge in [-0.3, -0.25) is 4.99 Å². The van der Waals surface area contributed by atoms with Crippen LogP contribution in [0.25, 0.3) is 0 Å². The van der Waals surface area contributed by atoms with Crippen molar-refractivity contribution in [2.75, 3.05) is 6.54 Å². The van der Waals surface area contributed by atoms with Gasteiger partial charge in [0, 0.05) is 11.8 Å². The maximum atomic E-state index is 4.23. The lowest BCUT2D eigenvalue weighted by Gasteiger charge is -2.26. The molecule has 0 spiro atoms. The van der Waals surface area contributed by atoms with Crippen LogP contribution in [0.15, 0.2) is 4.99 Å². The van der Waals surface area contributed by atoms with E-state index in [1.807, 2.05) is 17.3 Å². The zero-order chi connectivity index (χ0) is 7.56. The number of rotatable bonds is 1. The highest BCUT2D eigenvalue weighted by atomic mass is 32.2. The van der Waals surface area contributed by atoms with Gasteiger partial charge in [-0.1, -0.05) is 20.8 Å². The number of nitrogens with zero attached hydrogens (tertiary/aromatic N) is 1. The van der Waals surface area contributed by atoms with E-state index in [9.17, 15) is 0 Å². The highest BCUT2D eigenvalue weighted by Gasteiger charge is 2.22. The molecule has 0 aliphatic carbocycles. The predicted octanol–water partition coefficient (Wildman–Crippen LogP) is 2.42. The first-order valence-electron chi connectivity index (χ1n) is 3.85. The zero-order valence-electron chi connectivity index (χ0n) is 6.87. The van der Waals surface area contributed by atoms with E-state index in [0.29, 0.717) is 0 Å². The second-order valence-electron chi connectivity index (χ2n) is 3.29. The number of hydrogen-bond donors (Lipinski definition) is 0. The summed E-state index contributed by atoms with van der Waals surface area (Å²) in [7, 11) is 0. The summed E-state index contributed by atoms with van der Waals surface area (Å²) < 4.78 is 0. The molecule has 2 atom stereocenters. The standard InChI is InChI=1S/C8H15NS/c1-6(2)8-7(3)4-9-5-10-8/h5-8H,4H2,1-3H3. The van der Waals surface area contributed by atoms with Crippen LogP contribution in [0.2, 0.25) is 0 Å². The van der Waals surface area contributed by atoms with Gasteiger partial charge < -0.3 is 0 Å². The maximum Gasteiger partial charge on any atom is 0.0544 e.